The molecule has 0 aliphatic carbocycles. The highest BCUT2D eigenvalue weighted by Gasteiger charge is 2.29. The molecular weight excluding hydrogens is 406 g/mol. The Balaban J connectivity index is 1.39. The van der Waals surface area contributed by atoms with E-state index in [0.29, 0.717) is 29.8 Å². The van der Waals surface area contributed by atoms with Gasteiger partial charge in [-0.05, 0) is 24.6 Å². The number of aldehydes is 1. The van der Waals surface area contributed by atoms with Gasteiger partial charge in [-0.3, -0.25) is 24.5 Å². The minimum atomic E-state index is -0.549. The van der Waals surface area contributed by atoms with Crippen LogP contribution in [-0.2, 0) is 16.1 Å². The molecule has 30 heavy (non-hydrogen) atoms. The number of aromatic nitrogens is 3. The predicted octanol–water partition coefficient (Wildman–Crippen LogP) is 1.73. The predicted molar refractivity (Wildman–Crippen MR) is 108 cm³/mol. The van der Waals surface area contributed by atoms with Gasteiger partial charge >= 0.3 is 0 Å². The molecule has 1 aromatic carbocycles. The molecule has 1 fully saturated rings. The SMILES string of the molecule is O=Cc1ccc(C(=O)NCc2cc(-c3cn(C4CCC(=O)NC4=O)nn3)cs2)cc1. The van der Waals surface area contributed by atoms with E-state index in [1.807, 2.05) is 11.4 Å². The van der Waals surface area contributed by atoms with E-state index in [1.54, 1.807) is 30.5 Å². The molecule has 10 heteroatoms. The Bertz CT molecular complexity index is 1120. The van der Waals surface area contributed by atoms with Crippen LogP contribution in [-0.4, -0.2) is 39.0 Å². The number of imide groups is 1. The van der Waals surface area contributed by atoms with Crippen molar-refractivity contribution in [3.05, 3.63) is 57.9 Å². The zero-order valence-electron chi connectivity index (χ0n) is 15.7. The molecular formula is C20H17N5O4S. The number of nitrogens with one attached hydrogen (secondary N) is 2. The number of amides is 3. The summed E-state index contributed by atoms with van der Waals surface area (Å²) in [6.45, 7) is 0.347. The van der Waals surface area contributed by atoms with Crippen molar-refractivity contribution in [2.75, 3.05) is 0 Å². The first-order valence-electron chi connectivity index (χ1n) is 9.20. The van der Waals surface area contributed by atoms with E-state index < -0.39 is 6.04 Å². The first-order valence-corrected chi connectivity index (χ1v) is 10.1. The van der Waals surface area contributed by atoms with Gasteiger partial charge in [0, 0.05) is 33.4 Å². The largest absolute Gasteiger partial charge is 0.347 e. The summed E-state index contributed by atoms with van der Waals surface area (Å²) in [4.78, 5) is 47.1. The van der Waals surface area contributed by atoms with E-state index in [1.165, 1.54) is 16.0 Å². The summed E-state index contributed by atoms with van der Waals surface area (Å²) in [6, 6.07) is 7.75. The number of rotatable bonds is 6. The normalized spacial score (nSPS) is 16.2. The van der Waals surface area contributed by atoms with Crippen LogP contribution in [0.4, 0.5) is 0 Å². The lowest BCUT2D eigenvalue weighted by molar-refractivity contribution is -0.136. The molecule has 3 heterocycles. The lowest BCUT2D eigenvalue weighted by atomic mass is 10.1. The summed E-state index contributed by atoms with van der Waals surface area (Å²) in [5.74, 6) is -0.885. The number of piperidine rings is 1. The molecule has 1 unspecified atom stereocenters. The zero-order valence-corrected chi connectivity index (χ0v) is 16.5. The molecule has 1 aliphatic heterocycles. The van der Waals surface area contributed by atoms with Gasteiger partial charge in [0.1, 0.15) is 18.0 Å². The molecule has 152 valence electrons. The fraction of sp³-hybridized carbons (Fsp3) is 0.200. The first-order chi connectivity index (χ1) is 14.5. The number of carbonyl (C=O) groups is 4. The summed E-state index contributed by atoms with van der Waals surface area (Å²) >= 11 is 1.47. The third kappa shape index (κ3) is 4.18. The van der Waals surface area contributed by atoms with Crippen LogP contribution in [0.1, 0.15) is 44.5 Å². The second kappa shape index (κ2) is 8.37. The van der Waals surface area contributed by atoms with Crippen LogP contribution in [0.15, 0.2) is 41.9 Å². The molecule has 3 aromatic rings. The highest BCUT2D eigenvalue weighted by atomic mass is 32.1. The van der Waals surface area contributed by atoms with Crippen LogP contribution >= 0.6 is 11.3 Å². The maximum absolute atomic E-state index is 12.2. The zero-order chi connectivity index (χ0) is 21.1. The van der Waals surface area contributed by atoms with Crippen LogP contribution in [0, 0.1) is 0 Å². The number of nitrogens with zero attached hydrogens (tertiary/aromatic N) is 3. The number of carbonyl (C=O) groups excluding carboxylic acids is 4. The molecule has 4 rings (SSSR count). The van der Waals surface area contributed by atoms with Gasteiger partial charge in [0.2, 0.25) is 5.91 Å². The standard InChI is InChI=1S/C20H17N5O4S/c26-10-12-1-3-13(4-2-12)19(28)21-8-15-7-14(11-30-15)16-9-25(24-23-16)17-5-6-18(27)22-20(17)29/h1-4,7,9-11,17H,5-6,8H2,(H,21,28)(H,22,27,29). The second-order valence-electron chi connectivity index (χ2n) is 6.77. The molecule has 3 amide bonds. The molecule has 2 aromatic heterocycles. The van der Waals surface area contributed by atoms with Gasteiger partial charge < -0.3 is 5.32 Å². The maximum Gasteiger partial charge on any atom is 0.251 e. The first kappa shape index (κ1) is 19.6. The molecule has 1 saturated heterocycles. The highest BCUT2D eigenvalue weighted by molar-refractivity contribution is 7.10. The summed E-state index contributed by atoms with van der Waals surface area (Å²) in [6.07, 6.45) is 3.07. The van der Waals surface area contributed by atoms with Gasteiger partial charge in [-0.15, -0.1) is 16.4 Å². The van der Waals surface area contributed by atoms with Crippen molar-refractivity contribution in [2.24, 2.45) is 0 Å². The van der Waals surface area contributed by atoms with Crippen molar-refractivity contribution >= 4 is 35.3 Å². The van der Waals surface area contributed by atoms with E-state index in [9.17, 15) is 19.2 Å². The summed E-state index contributed by atoms with van der Waals surface area (Å²) in [5.41, 5.74) is 2.43. The van der Waals surface area contributed by atoms with Gasteiger partial charge in [-0.2, -0.15) is 0 Å². The van der Waals surface area contributed by atoms with Gasteiger partial charge in [0.05, 0.1) is 12.7 Å². The van der Waals surface area contributed by atoms with Crippen LogP contribution in [0.25, 0.3) is 11.3 Å². The van der Waals surface area contributed by atoms with Gasteiger partial charge in [0.15, 0.2) is 0 Å². The number of thiophene rings is 1. The van der Waals surface area contributed by atoms with Crippen molar-refractivity contribution in [3.8, 4) is 11.3 Å². The minimum absolute atomic E-state index is 0.230. The van der Waals surface area contributed by atoms with Crippen molar-refractivity contribution in [1.82, 2.24) is 25.6 Å². The van der Waals surface area contributed by atoms with Gasteiger partial charge in [-0.1, -0.05) is 17.3 Å². The number of benzene rings is 1. The molecule has 1 aliphatic rings. The topological polar surface area (TPSA) is 123 Å². The Labute approximate surface area is 175 Å². The molecule has 0 radical (unpaired) electrons. The van der Waals surface area contributed by atoms with Gasteiger partial charge in [-0.25, -0.2) is 4.68 Å². The van der Waals surface area contributed by atoms with Crippen molar-refractivity contribution < 1.29 is 19.2 Å². The number of hydrogen-bond acceptors (Lipinski definition) is 7. The highest BCUT2D eigenvalue weighted by Crippen LogP contribution is 2.26. The van der Waals surface area contributed by atoms with Crippen LogP contribution in [0.2, 0.25) is 0 Å². The average Bonchev–Trinajstić information content (AvgIpc) is 3.42. The Hall–Kier alpha value is -3.66. The fourth-order valence-electron chi connectivity index (χ4n) is 3.09. The molecule has 0 bridgehead atoms. The Kier molecular flexibility index (Phi) is 5.48. The van der Waals surface area contributed by atoms with E-state index >= 15 is 0 Å². The van der Waals surface area contributed by atoms with E-state index in [2.05, 4.69) is 20.9 Å². The van der Waals surface area contributed by atoms with E-state index in [0.717, 1.165) is 16.7 Å². The lowest BCUT2D eigenvalue weighted by Crippen LogP contribution is -2.41. The third-order valence-electron chi connectivity index (χ3n) is 4.72. The van der Waals surface area contributed by atoms with Crippen molar-refractivity contribution in [3.63, 3.8) is 0 Å². The summed E-state index contributed by atoms with van der Waals surface area (Å²) in [5, 5.41) is 15.2. The fourth-order valence-corrected chi connectivity index (χ4v) is 3.90. The Morgan fingerprint density at radius 1 is 1.30 bits per heavy atom. The Morgan fingerprint density at radius 3 is 2.83 bits per heavy atom. The summed E-state index contributed by atoms with van der Waals surface area (Å²) < 4.78 is 1.47. The summed E-state index contributed by atoms with van der Waals surface area (Å²) in [7, 11) is 0. The molecule has 0 spiro atoms. The molecule has 2 N–H and O–H groups in total. The minimum Gasteiger partial charge on any atom is -0.347 e. The number of hydrogen-bond donors (Lipinski definition) is 2. The average molecular weight is 423 g/mol. The molecule has 1 atom stereocenters. The van der Waals surface area contributed by atoms with Crippen molar-refractivity contribution in [1.29, 1.82) is 0 Å². The van der Waals surface area contributed by atoms with Crippen LogP contribution < -0.4 is 10.6 Å². The quantitative estimate of drug-likeness (QED) is 0.460. The lowest BCUT2D eigenvalue weighted by Gasteiger charge is -2.20. The maximum atomic E-state index is 12.2. The van der Waals surface area contributed by atoms with Crippen LogP contribution in [0.5, 0.6) is 0 Å². The molecule has 0 saturated carbocycles. The van der Waals surface area contributed by atoms with Gasteiger partial charge in [0.25, 0.3) is 11.8 Å². The molecule has 9 nitrogen and oxygen atoms in total. The van der Waals surface area contributed by atoms with E-state index in [4.69, 9.17) is 0 Å². The monoisotopic (exact) mass is 423 g/mol. The van der Waals surface area contributed by atoms with Crippen LogP contribution in [0.3, 0.4) is 0 Å². The smallest absolute Gasteiger partial charge is 0.251 e. The van der Waals surface area contributed by atoms with E-state index in [-0.39, 0.29) is 24.1 Å². The second-order valence-corrected chi connectivity index (χ2v) is 7.77. The Morgan fingerprint density at radius 2 is 2.10 bits per heavy atom. The van der Waals surface area contributed by atoms with Crippen molar-refractivity contribution in [2.45, 2.75) is 25.4 Å². The third-order valence-corrected chi connectivity index (χ3v) is 5.66.